The van der Waals surface area contributed by atoms with Crippen LogP contribution in [0.15, 0.2) is 18.2 Å². The lowest BCUT2D eigenvalue weighted by Gasteiger charge is -2.27. The normalized spacial score (nSPS) is 28.6. The summed E-state index contributed by atoms with van der Waals surface area (Å²) in [4.78, 5) is 14.2. The Morgan fingerprint density at radius 3 is 2.67 bits per heavy atom. The summed E-state index contributed by atoms with van der Waals surface area (Å²) in [5.74, 6) is 1.74. The van der Waals surface area contributed by atoms with Gasteiger partial charge in [0.15, 0.2) is 11.5 Å². The molecule has 1 aromatic rings. The van der Waals surface area contributed by atoms with Crippen LogP contribution in [0.3, 0.4) is 0 Å². The molecule has 0 spiro atoms. The summed E-state index contributed by atoms with van der Waals surface area (Å²) in [6.07, 6.45) is 3.52. The van der Waals surface area contributed by atoms with Gasteiger partial charge >= 0.3 is 0 Å². The zero-order valence-electron chi connectivity index (χ0n) is 12.0. The molecule has 2 N–H and O–H groups in total. The summed E-state index contributed by atoms with van der Waals surface area (Å²) in [6.45, 7) is 1.35. The summed E-state index contributed by atoms with van der Waals surface area (Å²) >= 11 is 0. The van der Waals surface area contributed by atoms with Crippen LogP contribution in [-0.4, -0.2) is 36.1 Å². The average Bonchev–Trinajstić information content (AvgIpc) is 3.27. The van der Waals surface area contributed by atoms with Crippen LogP contribution in [-0.2, 0) is 4.79 Å². The summed E-state index contributed by atoms with van der Waals surface area (Å²) in [5.41, 5.74) is 7.29. The van der Waals surface area contributed by atoms with Gasteiger partial charge in [-0.3, -0.25) is 4.79 Å². The van der Waals surface area contributed by atoms with Crippen LogP contribution >= 0.6 is 0 Å². The van der Waals surface area contributed by atoms with Crippen molar-refractivity contribution >= 4 is 5.91 Å². The second-order valence-electron chi connectivity index (χ2n) is 6.10. The van der Waals surface area contributed by atoms with E-state index in [9.17, 15) is 4.79 Å². The highest BCUT2D eigenvalue weighted by Gasteiger charge is 2.46. The highest BCUT2D eigenvalue weighted by Crippen LogP contribution is 2.43. The van der Waals surface area contributed by atoms with Crippen LogP contribution in [0.25, 0.3) is 0 Å². The van der Waals surface area contributed by atoms with Gasteiger partial charge in [-0.25, -0.2) is 0 Å². The van der Waals surface area contributed by atoms with Crippen LogP contribution < -0.4 is 15.2 Å². The van der Waals surface area contributed by atoms with Crippen molar-refractivity contribution in [2.75, 3.05) is 13.2 Å². The van der Waals surface area contributed by atoms with E-state index >= 15 is 0 Å². The van der Waals surface area contributed by atoms with Crippen molar-refractivity contribution in [3.8, 4) is 11.5 Å². The highest BCUT2D eigenvalue weighted by molar-refractivity contribution is 5.81. The molecule has 1 amide bonds. The minimum atomic E-state index is -0.136. The molecule has 21 heavy (non-hydrogen) atoms. The standard InChI is InChI=1S/C16H20N2O3/c17-12-9-15(19)18(11-3-4-11)16(12)10-2-5-13-14(8-10)21-7-1-6-20-13/h2,5,8,11-12,16H,1,3-4,6-7,9,17H2. The van der Waals surface area contributed by atoms with Gasteiger partial charge in [0.25, 0.3) is 0 Å². The third-order valence-corrected chi connectivity index (χ3v) is 4.46. The Morgan fingerprint density at radius 2 is 1.90 bits per heavy atom. The van der Waals surface area contributed by atoms with Gasteiger partial charge in [-0.2, -0.15) is 0 Å². The van der Waals surface area contributed by atoms with Gasteiger partial charge in [0, 0.05) is 24.9 Å². The Kier molecular flexibility index (Phi) is 3.03. The van der Waals surface area contributed by atoms with E-state index in [0.29, 0.717) is 25.7 Å². The predicted octanol–water partition coefficient (Wildman–Crippen LogP) is 1.61. The fourth-order valence-corrected chi connectivity index (χ4v) is 3.34. The van der Waals surface area contributed by atoms with Crippen molar-refractivity contribution in [3.05, 3.63) is 23.8 Å². The molecule has 4 rings (SSSR count). The van der Waals surface area contributed by atoms with Crippen LogP contribution in [0.5, 0.6) is 11.5 Å². The summed E-state index contributed by atoms with van der Waals surface area (Å²) in [7, 11) is 0. The Morgan fingerprint density at radius 1 is 1.14 bits per heavy atom. The van der Waals surface area contributed by atoms with Crippen LogP contribution in [0.1, 0.15) is 37.3 Å². The molecule has 2 atom stereocenters. The smallest absolute Gasteiger partial charge is 0.225 e. The maximum Gasteiger partial charge on any atom is 0.225 e. The van der Waals surface area contributed by atoms with E-state index in [1.54, 1.807) is 0 Å². The van der Waals surface area contributed by atoms with Gasteiger partial charge in [-0.15, -0.1) is 0 Å². The van der Waals surface area contributed by atoms with Crippen molar-refractivity contribution in [1.29, 1.82) is 0 Å². The van der Waals surface area contributed by atoms with Gasteiger partial charge in [0.2, 0.25) is 5.91 Å². The number of carbonyl (C=O) groups excluding carboxylic acids is 1. The lowest BCUT2D eigenvalue weighted by atomic mass is 10.00. The van der Waals surface area contributed by atoms with E-state index in [-0.39, 0.29) is 18.0 Å². The fourth-order valence-electron chi connectivity index (χ4n) is 3.34. The number of hydrogen-bond acceptors (Lipinski definition) is 4. The molecule has 5 nitrogen and oxygen atoms in total. The maximum atomic E-state index is 12.2. The van der Waals surface area contributed by atoms with Crippen LogP contribution in [0.4, 0.5) is 0 Å². The Bertz CT molecular complexity index is 571. The van der Waals surface area contributed by atoms with Crippen molar-refractivity contribution in [3.63, 3.8) is 0 Å². The second-order valence-corrected chi connectivity index (χ2v) is 6.10. The molecule has 2 heterocycles. The first-order chi connectivity index (χ1) is 10.2. The molecule has 1 saturated heterocycles. The third-order valence-electron chi connectivity index (χ3n) is 4.46. The largest absolute Gasteiger partial charge is 0.490 e. The highest BCUT2D eigenvalue weighted by atomic mass is 16.5. The first-order valence-electron chi connectivity index (χ1n) is 7.70. The predicted molar refractivity (Wildman–Crippen MR) is 77.3 cm³/mol. The van der Waals surface area contributed by atoms with E-state index in [1.807, 2.05) is 23.1 Å². The first-order valence-corrected chi connectivity index (χ1v) is 7.70. The molecule has 0 aromatic heterocycles. The topological polar surface area (TPSA) is 64.8 Å². The molecule has 5 heteroatoms. The molecule has 0 radical (unpaired) electrons. The van der Waals surface area contributed by atoms with Gasteiger partial charge in [0.05, 0.1) is 19.3 Å². The Labute approximate surface area is 124 Å². The number of nitrogens with zero attached hydrogens (tertiary/aromatic N) is 1. The molecule has 1 saturated carbocycles. The molecule has 112 valence electrons. The van der Waals surface area contributed by atoms with Gasteiger partial charge in [-0.1, -0.05) is 6.07 Å². The number of benzene rings is 1. The van der Waals surface area contributed by atoms with E-state index in [1.165, 1.54) is 0 Å². The van der Waals surface area contributed by atoms with E-state index in [4.69, 9.17) is 15.2 Å². The molecular weight excluding hydrogens is 268 g/mol. The number of likely N-dealkylation sites (tertiary alicyclic amines) is 1. The fraction of sp³-hybridized carbons (Fsp3) is 0.562. The van der Waals surface area contributed by atoms with Crippen molar-refractivity contribution in [2.45, 2.75) is 43.8 Å². The van der Waals surface area contributed by atoms with Crippen LogP contribution in [0.2, 0.25) is 0 Å². The average molecular weight is 288 g/mol. The van der Waals surface area contributed by atoms with Gasteiger partial charge in [0.1, 0.15) is 0 Å². The van der Waals surface area contributed by atoms with Gasteiger partial charge < -0.3 is 20.1 Å². The number of nitrogens with two attached hydrogens (primary N) is 1. The minimum absolute atomic E-state index is 0.0258. The molecule has 2 unspecified atom stereocenters. The monoisotopic (exact) mass is 288 g/mol. The molecule has 2 fully saturated rings. The quantitative estimate of drug-likeness (QED) is 0.898. The Balaban J connectivity index is 1.68. The summed E-state index contributed by atoms with van der Waals surface area (Å²) in [6, 6.07) is 6.18. The number of hydrogen-bond donors (Lipinski definition) is 1. The summed E-state index contributed by atoms with van der Waals surface area (Å²) < 4.78 is 11.4. The number of carbonyl (C=O) groups is 1. The van der Waals surface area contributed by atoms with Crippen LogP contribution in [0, 0.1) is 0 Å². The number of rotatable bonds is 2. The lowest BCUT2D eigenvalue weighted by molar-refractivity contribution is -0.129. The zero-order valence-corrected chi connectivity index (χ0v) is 12.0. The van der Waals surface area contributed by atoms with E-state index in [0.717, 1.165) is 36.3 Å². The molecule has 0 bridgehead atoms. The van der Waals surface area contributed by atoms with Crippen molar-refractivity contribution < 1.29 is 14.3 Å². The third kappa shape index (κ3) is 2.25. The summed E-state index contributed by atoms with van der Waals surface area (Å²) in [5, 5.41) is 0. The lowest BCUT2D eigenvalue weighted by Crippen LogP contribution is -2.34. The first kappa shape index (κ1) is 13.0. The molecule has 1 aliphatic carbocycles. The number of ether oxygens (including phenoxy) is 2. The van der Waals surface area contributed by atoms with Crippen molar-refractivity contribution in [1.82, 2.24) is 4.90 Å². The Hall–Kier alpha value is -1.75. The maximum absolute atomic E-state index is 12.2. The van der Waals surface area contributed by atoms with E-state index < -0.39 is 0 Å². The number of fused-ring (bicyclic) bond motifs is 1. The second kappa shape index (κ2) is 4.91. The van der Waals surface area contributed by atoms with Crippen molar-refractivity contribution in [2.24, 2.45) is 5.73 Å². The van der Waals surface area contributed by atoms with Gasteiger partial charge in [-0.05, 0) is 30.5 Å². The van der Waals surface area contributed by atoms with E-state index in [2.05, 4.69) is 0 Å². The molecular formula is C16H20N2O3. The molecule has 3 aliphatic rings. The SMILES string of the molecule is NC1CC(=O)N(C2CC2)C1c1ccc2c(c1)OCCCO2. The minimum Gasteiger partial charge on any atom is -0.490 e. The molecule has 2 aliphatic heterocycles. The molecule has 1 aromatic carbocycles. The zero-order chi connectivity index (χ0) is 14.4. The number of amides is 1.